The van der Waals surface area contributed by atoms with Crippen LogP contribution in [0.15, 0.2) is 11.6 Å². The van der Waals surface area contributed by atoms with E-state index in [4.69, 9.17) is 5.11 Å². The fourth-order valence-corrected chi connectivity index (χ4v) is 3.68. The maximum absolute atomic E-state index is 12.5. The van der Waals surface area contributed by atoms with Crippen molar-refractivity contribution in [3.05, 3.63) is 11.6 Å². The van der Waals surface area contributed by atoms with Crippen LogP contribution in [0.5, 0.6) is 0 Å². The van der Waals surface area contributed by atoms with E-state index in [-0.39, 0.29) is 30.0 Å². The van der Waals surface area contributed by atoms with Gasteiger partial charge in [-0.05, 0) is 37.0 Å². The molecule has 1 fully saturated rings. The number of alkyl halides is 6. The van der Waals surface area contributed by atoms with E-state index in [1.807, 2.05) is 18.9 Å². The van der Waals surface area contributed by atoms with E-state index in [0.717, 1.165) is 24.3 Å². The average Bonchev–Trinajstić information content (AvgIpc) is 2.79. The number of carbonyl (C=O) groups is 1. The molecule has 0 radical (unpaired) electrons. The van der Waals surface area contributed by atoms with E-state index in [0.29, 0.717) is 12.8 Å². The first-order valence-electron chi connectivity index (χ1n) is 7.91. The van der Waals surface area contributed by atoms with Crippen molar-refractivity contribution in [1.82, 2.24) is 0 Å². The van der Waals surface area contributed by atoms with Crippen LogP contribution in [0.1, 0.15) is 45.4 Å². The standard InChI is InChI=1S/C17H18F6O2/c1-14-9-4-6-13(24)12(14)8-7-11(14)5-2-3-10-15(25,16(18,19)20)17(21,22)23/h7,12,25H,2,4-6,8-9H2,1H3/t12?,14-/m1/s1. The Hall–Kier alpha value is -1.49. The lowest BCUT2D eigenvalue weighted by molar-refractivity contribution is -0.343. The molecular formula is C17H18F6O2. The second-order valence-corrected chi connectivity index (χ2v) is 6.76. The number of Topliss-reactive ketones (excluding diaryl/α,β-unsaturated/α-hetero) is 1. The molecule has 2 aliphatic carbocycles. The van der Waals surface area contributed by atoms with Crippen molar-refractivity contribution in [2.24, 2.45) is 11.3 Å². The molecule has 0 aliphatic heterocycles. The number of allylic oxidation sites excluding steroid dienone is 2. The first-order valence-corrected chi connectivity index (χ1v) is 7.91. The highest BCUT2D eigenvalue weighted by molar-refractivity contribution is 5.84. The Morgan fingerprint density at radius 3 is 2.40 bits per heavy atom. The first-order chi connectivity index (χ1) is 11.3. The average molecular weight is 368 g/mol. The number of halogens is 6. The lowest BCUT2D eigenvalue weighted by Crippen LogP contribution is -2.55. The quantitative estimate of drug-likeness (QED) is 0.448. The Balaban J connectivity index is 2.09. The maximum Gasteiger partial charge on any atom is 0.438 e. The third kappa shape index (κ3) is 3.43. The molecule has 0 aromatic rings. The highest BCUT2D eigenvalue weighted by Gasteiger charge is 2.70. The Kier molecular flexibility index (Phi) is 5.03. The number of carbonyl (C=O) groups excluding carboxylic acids is 1. The van der Waals surface area contributed by atoms with Gasteiger partial charge in [0, 0.05) is 18.8 Å². The molecule has 140 valence electrons. The number of hydrogen-bond acceptors (Lipinski definition) is 2. The minimum absolute atomic E-state index is 0.148. The molecule has 0 bridgehead atoms. The molecule has 0 saturated heterocycles. The molecule has 2 atom stereocenters. The van der Waals surface area contributed by atoms with Gasteiger partial charge in [0.05, 0.1) is 0 Å². The van der Waals surface area contributed by atoms with Crippen LogP contribution >= 0.6 is 0 Å². The fraction of sp³-hybridized carbons (Fsp3) is 0.706. The van der Waals surface area contributed by atoms with Crippen LogP contribution in [-0.2, 0) is 4.79 Å². The lowest BCUT2D eigenvalue weighted by atomic mass is 9.65. The molecule has 0 aromatic carbocycles. The predicted molar refractivity (Wildman–Crippen MR) is 77.2 cm³/mol. The Morgan fingerprint density at radius 2 is 1.84 bits per heavy atom. The molecule has 0 spiro atoms. The highest BCUT2D eigenvalue weighted by atomic mass is 19.4. The van der Waals surface area contributed by atoms with Crippen LogP contribution in [-0.4, -0.2) is 28.8 Å². The van der Waals surface area contributed by atoms with Crippen molar-refractivity contribution in [3.8, 4) is 11.8 Å². The monoisotopic (exact) mass is 368 g/mol. The second-order valence-electron chi connectivity index (χ2n) is 6.76. The van der Waals surface area contributed by atoms with Gasteiger partial charge in [0.15, 0.2) is 0 Å². The van der Waals surface area contributed by atoms with Crippen molar-refractivity contribution in [2.75, 3.05) is 0 Å². The molecule has 0 heterocycles. The van der Waals surface area contributed by atoms with Crippen LogP contribution in [0.4, 0.5) is 26.3 Å². The summed E-state index contributed by atoms with van der Waals surface area (Å²) < 4.78 is 75.2. The van der Waals surface area contributed by atoms with E-state index >= 15 is 0 Å². The van der Waals surface area contributed by atoms with Crippen LogP contribution in [0.25, 0.3) is 0 Å². The molecule has 2 aliphatic rings. The molecule has 0 aromatic heterocycles. The van der Waals surface area contributed by atoms with Crippen molar-refractivity contribution >= 4 is 5.78 Å². The summed E-state index contributed by atoms with van der Waals surface area (Å²) in [6, 6.07) is 0. The minimum Gasteiger partial charge on any atom is -0.363 e. The van der Waals surface area contributed by atoms with Crippen LogP contribution in [0.3, 0.4) is 0 Å². The molecule has 0 amide bonds. The Labute approximate surface area is 141 Å². The predicted octanol–water partition coefficient (Wildman–Crippen LogP) is 4.33. The van der Waals surface area contributed by atoms with E-state index in [1.165, 1.54) is 0 Å². The van der Waals surface area contributed by atoms with E-state index < -0.39 is 18.0 Å². The summed E-state index contributed by atoms with van der Waals surface area (Å²) in [5.41, 5.74) is -4.57. The third-order valence-corrected chi connectivity index (χ3v) is 5.22. The molecule has 2 nitrogen and oxygen atoms in total. The lowest BCUT2D eigenvalue weighted by Gasteiger charge is -2.38. The van der Waals surface area contributed by atoms with Gasteiger partial charge in [0.25, 0.3) is 0 Å². The molecule has 1 N–H and O–H groups in total. The SMILES string of the molecule is C[C@]12CCCC(=O)C1CC=C2CCC#CC(O)(C(F)(F)F)C(F)(F)F. The fourth-order valence-electron chi connectivity index (χ4n) is 3.68. The zero-order valence-corrected chi connectivity index (χ0v) is 13.5. The summed E-state index contributed by atoms with van der Waals surface area (Å²) in [5, 5.41) is 8.97. The third-order valence-electron chi connectivity index (χ3n) is 5.22. The summed E-state index contributed by atoms with van der Waals surface area (Å²) in [6.07, 6.45) is -7.56. The number of ketones is 1. The van der Waals surface area contributed by atoms with Gasteiger partial charge in [-0.1, -0.05) is 24.5 Å². The van der Waals surface area contributed by atoms with Gasteiger partial charge in [0.2, 0.25) is 0 Å². The highest BCUT2D eigenvalue weighted by Crippen LogP contribution is 2.52. The van der Waals surface area contributed by atoms with Crippen LogP contribution < -0.4 is 0 Å². The van der Waals surface area contributed by atoms with Gasteiger partial charge < -0.3 is 5.11 Å². The molecule has 1 unspecified atom stereocenters. The summed E-state index contributed by atoms with van der Waals surface area (Å²) >= 11 is 0. The zero-order valence-electron chi connectivity index (χ0n) is 13.5. The number of rotatable bonds is 2. The van der Waals surface area contributed by atoms with E-state index in [1.54, 1.807) is 0 Å². The molecule has 2 rings (SSSR count). The molecular weight excluding hydrogens is 350 g/mol. The topological polar surface area (TPSA) is 37.3 Å². The zero-order chi connectivity index (χ0) is 19.1. The van der Waals surface area contributed by atoms with Crippen LogP contribution in [0, 0.1) is 23.2 Å². The van der Waals surface area contributed by atoms with Gasteiger partial charge in [-0.2, -0.15) is 26.3 Å². The minimum atomic E-state index is -5.93. The molecule has 8 heteroatoms. The summed E-state index contributed by atoms with van der Waals surface area (Å²) in [7, 11) is 0. The summed E-state index contributed by atoms with van der Waals surface area (Å²) in [4.78, 5) is 12.0. The van der Waals surface area contributed by atoms with Gasteiger partial charge in [-0.3, -0.25) is 4.79 Å². The molecule has 1 saturated carbocycles. The van der Waals surface area contributed by atoms with Gasteiger partial charge >= 0.3 is 18.0 Å². The van der Waals surface area contributed by atoms with Crippen molar-refractivity contribution in [1.29, 1.82) is 0 Å². The Bertz CT molecular complexity index is 620. The second kappa shape index (κ2) is 6.35. The van der Waals surface area contributed by atoms with Crippen molar-refractivity contribution < 1.29 is 36.2 Å². The van der Waals surface area contributed by atoms with Gasteiger partial charge in [-0.15, -0.1) is 0 Å². The van der Waals surface area contributed by atoms with Crippen molar-refractivity contribution in [2.45, 2.75) is 63.4 Å². The number of hydrogen-bond donors (Lipinski definition) is 1. The van der Waals surface area contributed by atoms with E-state index in [2.05, 4.69) is 0 Å². The Morgan fingerprint density at radius 1 is 1.24 bits per heavy atom. The smallest absolute Gasteiger partial charge is 0.363 e. The largest absolute Gasteiger partial charge is 0.438 e. The number of aliphatic hydroxyl groups is 1. The van der Waals surface area contributed by atoms with Crippen molar-refractivity contribution in [3.63, 3.8) is 0 Å². The number of fused-ring (bicyclic) bond motifs is 1. The first kappa shape index (κ1) is 19.8. The van der Waals surface area contributed by atoms with Gasteiger partial charge in [0.1, 0.15) is 5.78 Å². The van der Waals surface area contributed by atoms with Crippen LogP contribution in [0.2, 0.25) is 0 Å². The summed E-state index contributed by atoms with van der Waals surface area (Å²) in [6.45, 7) is 1.91. The van der Waals surface area contributed by atoms with E-state index in [9.17, 15) is 31.1 Å². The summed E-state index contributed by atoms with van der Waals surface area (Å²) in [5.74, 6) is 2.77. The van der Waals surface area contributed by atoms with Gasteiger partial charge in [-0.25, -0.2) is 0 Å². The maximum atomic E-state index is 12.5. The molecule has 25 heavy (non-hydrogen) atoms. The normalized spacial score (nSPS) is 27.4.